The summed E-state index contributed by atoms with van der Waals surface area (Å²) in [4.78, 5) is 12.7. The van der Waals surface area contributed by atoms with Gasteiger partial charge >= 0.3 is 5.97 Å². The van der Waals surface area contributed by atoms with Gasteiger partial charge in [-0.1, -0.05) is 6.07 Å². The van der Waals surface area contributed by atoms with Crippen molar-refractivity contribution in [1.82, 2.24) is 0 Å². The fraction of sp³-hybridized carbons (Fsp3) is 0.227. The van der Waals surface area contributed by atoms with E-state index in [4.69, 9.17) is 28.4 Å². The number of hydrogen-bond acceptors (Lipinski definition) is 7. The summed E-state index contributed by atoms with van der Waals surface area (Å²) >= 11 is 0. The largest absolute Gasteiger partial charge is 0.496 e. The molecule has 0 fully saturated rings. The lowest BCUT2D eigenvalue weighted by Crippen LogP contribution is -2.01. The second kappa shape index (κ2) is 6.48. The zero-order chi connectivity index (χ0) is 20.1. The van der Waals surface area contributed by atoms with E-state index in [9.17, 15) is 4.79 Å². The van der Waals surface area contributed by atoms with Crippen molar-refractivity contribution in [3.8, 4) is 39.9 Å². The van der Waals surface area contributed by atoms with Crippen LogP contribution in [0.1, 0.15) is 15.9 Å². The van der Waals surface area contributed by atoms with Crippen LogP contribution in [0.5, 0.6) is 28.7 Å². The Kier molecular flexibility index (Phi) is 3.91. The van der Waals surface area contributed by atoms with E-state index in [0.717, 1.165) is 21.9 Å². The molecule has 0 radical (unpaired) electrons. The second-order valence-corrected chi connectivity index (χ2v) is 6.66. The molecule has 0 amide bonds. The van der Waals surface area contributed by atoms with Gasteiger partial charge in [-0.2, -0.15) is 0 Å². The van der Waals surface area contributed by atoms with E-state index in [2.05, 4.69) is 0 Å². The summed E-state index contributed by atoms with van der Waals surface area (Å²) in [5.74, 6) is 2.64. The molecule has 5 rings (SSSR count). The highest BCUT2D eigenvalue weighted by Crippen LogP contribution is 2.49. The Morgan fingerprint density at radius 1 is 0.793 bits per heavy atom. The highest BCUT2D eigenvalue weighted by atomic mass is 16.7. The van der Waals surface area contributed by atoms with Gasteiger partial charge in [-0.3, -0.25) is 0 Å². The van der Waals surface area contributed by atoms with Gasteiger partial charge in [0.15, 0.2) is 23.0 Å². The van der Waals surface area contributed by atoms with Crippen molar-refractivity contribution in [3.05, 3.63) is 41.5 Å². The van der Waals surface area contributed by atoms with E-state index in [0.29, 0.717) is 39.9 Å². The summed E-state index contributed by atoms with van der Waals surface area (Å²) in [5, 5.41) is 1.62. The molecule has 2 aliphatic rings. The average Bonchev–Trinajstić information content (AvgIpc) is 3.36. The lowest BCUT2D eigenvalue weighted by atomic mass is 9.89. The van der Waals surface area contributed by atoms with Crippen LogP contribution in [0.3, 0.4) is 0 Å². The number of carbonyl (C=O) groups excluding carboxylic acids is 1. The minimum absolute atomic E-state index is 0.154. The molecule has 7 heteroatoms. The van der Waals surface area contributed by atoms with Crippen molar-refractivity contribution in [2.75, 3.05) is 28.1 Å². The third-order valence-electron chi connectivity index (χ3n) is 5.28. The summed E-state index contributed by atoms with van der Waals surface area (Å²) in [6.07, 6.45) is 0. The van der Waals surface area contributed by atoms with Crippen molar-refractivity contribution < 1.29 is 33.2 Å². The molecule has 0 saturated heterocycles. The number of cyclic esters (lactones) is 1. The Hall–Kier alpha value is -3.61. The molecular formula is C22H18O7. The third-order valence-corrected chi connectivity index (χ3v) is 5.28. The Labute approximate surface area is 166 Å². The van der Waals surface area contributed by atoms with Crippen LogP contribution in [0.2, 0.25) is 0 Å². The molecule has 0 atom stereocenters. The number of esters is 1. The number of ether oxygens (including phenoxy) is 6. The highest BCUT2D eigenvalue weighted by molar-refractivity contribution is 6.14. The van der Waals surface area contributed by atoms with Crippen LogP contribution in [0.4, 0.5) is 0 Å². The number of carbonyl (C=O) groups is 1. The molecule has 29 heavy (non-hydrogen) atoms. The predicted molar refractivity (Wildman–Crippen MR) is 104 cm³/mol. The number of methoxy groups -OCH3 is 3. The molecular weight excluding hydrogens is 376 g/mol. The van der Waals surface area contributed by atoms with E-state index in [1.54, 1.807) is 21.3 Å². The summed E-state index contributed by atoms with van der Waals surface area (Å²) < 4.78 is 33.0. The molecule has 2 heterocycles. The van der Waals surface area contributed by atoms with Gasteiger partial charge in [-0.05, 0) is 35.2 Å². The first-order valence-corrected chi connectivity index (χ1v) is 9.02. The van der Waals surface area contributed by atoms with Crippen LogP contribution in [0, 0.1) is 0 Å². The lowest BCUT2D eigenvalue weighted by Gasteiger charge is -2.17. The summed E-state index contributed by atoms with van der Waals surface area (Å²) in [5.41, 5.74) is 2.73. The van der Waals surface area contributed by atoms with Gasteiger partial charge in [-0.15, -0.1) is 0 Å². The molecule has 148 valence electrons. The first-order chi connectivity index (χ1) is 14.2. The Morgan fingerprint density at radius 2 is 1.52 bits per heavy atom. The maximum Gasteiger partial charge on any atom is 0.339 e. The second-order valence-electron chi connectivity index (χ2n) is 6.66. The van der Waals surface area contributed by atoms with Crippen LogP contribution < -0.4 is 23.7 Å². The molecule has 2 aliphatic heterocycles. The van der Waals surface area contributed by atoms with Gasteiger partial charge in [-0.25, -0.2) is 4.79 Å². The van der Waals surface area contributed by atoms with E-state index in [-0.39, 0.29) is 19.4 Å². The zero-order valence-corrected chi connectivity index (χ0v) is 16.2. The van der Waals surface area contributed by atoms with Crippen molar-refractivity contribution in [2.45, 2.75) is 6.61 Å². The van der Waals surface area contributed by atoms with Gasteiger partial charge in [0.25, 0.3) is 0 Å². The Balaban J connectivity index is 1.90. The van der Waals surface area contributed by atoms with Crippen LogP contribution in [0.15, 0.2) is 30.3 Å². The fourth-order valence-corrected chi connectivity index (χ4v) is 4.00. The van der Waals surface area contributed by atoms with Crippen LogP contribution in [-0.4, -0.2) is 34.1 Å². The van der Waals surface area contributed by atoms with E-state index in [1.807, 2.05) is 30.3 Å². The molecule has 3 aromatic rings. The molecule has 0 spiro atoms. The van der Waals surface area contributed by atoms with Crippen molar-refractivity contribution >= 4 is 16.7 Å². The molecule has 3 aromatic carbocycles. The number of benzene rings is 3. The van der Waals surface area contributed by atoms with Gasteiger partial charge in [0.05, 0.1) is 26.9 Å². The maximum atomic E-state index is 12.7. The standard InChI is InChI=1S/C22H18O7/c1-24-15-5-4-11(6-16(15)25-2)19-12-7-17-18(29-10-28-17)8-13(12)21(26-3)14-9-27-22(23)20(14)19/h4-8H,9-10H2,1-3H3. The number of hydrogen-bond donors (Lipinski definition) is 0. The van der Waals surface area contributed by atoms with Crippen molar-refractivity contribution in [3.63, 3.8) is 0 Å². The molecule has 0 saturated carbocycles. The molecule has 0 aliphatic carbocycles. The monoisotopic (exact) mass is 394 g/mol. The molecule has 7 nitrogen and oxygen atoms in total. The summed E-state index contributed by atoms with van der Waals surface area (Å²) in [6, 6.07) is 9.29. The van der Waals surface area contributed by atoms with Gasteiger partial charge in [0.1, 0.15) is 12.4 Å². The zero-order valence-electron chi connectivity index (χ0n) is 16.2. The molecule has 0 unspecified atom stereocenters. The molecule has 0 bridgehead atoms. The highest BCUT2D eigenvalue weighted by Gasteiger charge is 2.33. The minimum atomic E-state index is -0.386. The normalized spacial score (nSPS) is 14.0. The van der Waals surface area contributed by atoms with Gasteiger partial charge < -0.3 is 28.4 Å². The third kappa shape index (κ3) is 2.47. The van der Waals surface area contributed by atoms with E-state index in [1.165, 1.54) is 0 Å². The molecule has 0 aromatic heterocycles. The van der Waals surface area contributed by atoms with Gasteiger partial charge in [0, 0.05) is 16.5 Å². The van der Waals surface area contributed by atoms with Crippen molar-refractivity contribution in [2.24, 2.45) is 0 Å². The SMILES string of the molecule is COc1ccc(-c2c3c(c(OC)c4cc5c(cc24)OCO5)COC3=O)cc1OC. The van der Waals surface area contributed by atoms with Crippen LogP contribution in [0.25, 0.3) is 21.9 Å². The average molecular weight is 394 g/mol. The summed E-state index contributed by atoms with van der Waals surface area (Å²) in [7, 11) is 4.74. The first-order valence-electron chi connectivity index (χ1n) is 9.02. The number of fused-ring (bicyclic) bond motifs is 3. The number of rotatable bonds is 4. The predicted octanol–water partition coefficient (Wildman–Crippen LogP) is 3.93. The minimum Gasteiger partial charge on any atom is -0.496 e. The van der Waals surface area contributed by atoms with Crippen LogP contribution >= 0.6 is 0 Å². The van der Waals surface area contributed by atoms with E-state index < -0.39 is 0 Å². The summed E-state index contributed by atoms with van der Waals surface area (Å²) in [6.45, 7) is 0.309. The first kappa shape index (κ1) is 17.5. The Morgan fingerprint density at radius 3 is 2.21 bits per heavy atom. The maximum absolute atomic E-state index is 12.7. The van der Waals surface area contributed by atoms with Crippen molar-refractivity contribution in [1.29, 1.82) is 0 Å². The smallest absolute Gasteiger partial charge is 0.339 e. The van der Waals surface area contributed by atoms with E-state index >= 15 is 0 Å². The van der Waals surface area contributed by atoms with Crippen LogP contribution in [-0.2, 0) is 11.3 Å². The fourth-order valence-electron chi connectivity index (χ4n) is 4.00. The topological polar surface area (TPSA) is 72.5 Å². The quantitative estimate of drug-likeness (QED) is 0.621. The van der Waals surface area contributed by atoms with Gasteiger partial charge in [0.2, 0.25) is 6.79 Å². The lowest BCUT2D eigenvalue weighted by molar-refractivity contribution is 0.0535. The Bertz CT molecular complexity index is 1170. The molecule has 0 N–H and O–H groups in total.